The average Bonchev–Trinajstić information content (AvgIpc) is 3.03. The predicted octanol–water partition coefficient (Wildman–Crippen LogP) is 2.36. The highest BCUT2D eigenvalue weighted by molar-refractivity contribution is 7.14. The van der Waals surface area contributed by atoms with Gasteiger partial charge in [-0.15, -0.1) is 11.3 Å². The summed E-state index contributed by atoms with van der Waals surface area (Å²) in [6, 6.07) is 2.02. The van der Waals surface area contributed by atoms with E-state index in [9.17, 15) is 9.59 Å². The molecule has 0 aromatic carbocycles. The van der Waals surface area contributed by atoms with Crippen molar-refractivity contribution in [2.45, 2.75) is 33.1 Å². The van der Waals surface area contributed by atoms with Crippen molar-refractivity contribution >= 4 is 23.2 Å². The number of hydrogen-bond donors (Lipinski definition) is 0. The largest absolute Gasteiger partial charge is 0.344 e. The van der Waals surface area contributed by atoms with E-state index >= 15 is 0 Å². The zero-order valence-corrected chi connectivity index (χ0v) is 17.3. The Morgan fingerprint density at radius 1 is 1.23 bits per heavy atom. The third kappa shape index (κ3) is 4.29. The summed E-state index contributed by atoms with van der Waals surface area (Å²) in [4.78, 5) is 33.4. The Kier molecular flexibility index (Phi) is 6.03. The molecule has 2 aliphatic rings. The van der Waals surface area contributed by atoms with Crippen molar-refractivity contribution < 1.29 is 9.59 Å². The number of hydrogen-bond acceptors (Lipinski definition) is 4. The summed E-state index contributed by atoms with van der Waals surface area (Å²) in [5, 5.41) is 0. The van der Waals surface area contributed by atoms with Gasteiger partial charge in [-0.25, -0.2) is 0 Å². The quantitative estimate of drug-likeness (QED) is 0.809. The Bertz CT molecular complexity index is 660. The van der Waals surface area contributed by atoms with Gasteiger partial charge < -0.3 is 9.80 Å². The summed E-state index contributed by atoms with van der Waals surface area (Å²) in [5.74, 6) is 1.13. The Morgan fingerprint density at radius 2 is 1.92 bits per heavy atom. The number of thiophene rings is 1. The summed E-state index contributed by atoms with van der Waals surface area (Å²) in [6.07, 6.45) is 2.62. The van der Waals surface area contributed by atoms with Crippen LogP contribution < -0.4 is 0 Å². The van der Waals surface area contributed by atoms with Crippen molar-refractivity contribution in [3.63, 3.8) is 0 Å². The van der Waals surface area contributed by atoms with Crippen LogP contribution in [0.25, 0.3) is 0 Å². The van der Waals surface area contributed by atoms with Gasteiger partial charge in [0.1, 0.15) is 0 Å². The first kappa shape index (κ1) is 19.4. The van der Waals surface area contributed by atoms with E-state index in [4.69, 9.17) is 0 Å². The third-order valence-corrected chi connectivity index (χ3v) is 6.58. The number of carbonyl (C=O) groups excluding carboxylic acids is 2. The molecule has 0 N–H and O–H groups in total. The van der Waals surface area contributed by atoms with Gasteiger partial charge in [0.2, 0.25) is 5.91 Å². The van der Waals surface area contributed by atoms with Gasteiger partial charge in [0.15, 0.2) is 0 Å². The van der Waals surface area contributed by atoms with E-state index in [0.717, 1.165) is 56.9 Å². The fourth-order valence-electron chi connectivity index (χ4n) is 3.99. The van der Waals surface area contributed by atoms with Gasteiger partial charge >= 0.3 is 0 Å². The molecule has 1 atom stereocenters. The predicted molar refractivity (Wildman–Crippen MR) is 106 cm³/mol. The molecular weight excluding hydrogens is 346 g/mol. The van der Waals surface area contributed by atoms with Crippen molar-refractivity contribution in [3.05, 3.63) is 21.4 Å². The highest BCUT2D eigenvalue weighted by atomic mass is 32.1. The second kappa shape index (κ2) is 8.09. The summed E-state index contributed by atoms with van der Waals surface area (Å²) >= 11 is 1.60. The van der Waals surface area contributed by atoms with Gasteiger partial charge in [-0.05, 0) is 36.8 Å². The molecule has 26 heavy (non-hydrogen) atoms. The molecule has 3 rings (SSSR count). The third-order valence-electron chi connectivity index (χ3n) is 5.36. The topological polar surface area (TPSA) is 43.9 Å². The molecule has 1 saturated heterocycles. The lowest BCUT2D eigenvalue weighted by molar-refractivity contribution is -0.137. The maximum atomic E-state index is 13.0. The molecule has 0 radical (unpaired) electrons. The van der Waals surface area contributed by atoms with E-state index in [-0.39, 0.29) is 11.8 Å². The minimum atomic E-state index is 0.0635. The van der Waals surface area contributed by atoms with Crippen LogP contribution in [0.2, 0.25) is 0 Å². The minimum absolute atomic E-state index is 0.0635. The van der Waals surface area contributed by atoms with E-state index in [2.05, 4.69) is 23.6 Å². The zero-order chi connectivity index (χ0) is 18.8. The van der Waals surface area contributed by atoms with Crippen LogP contribution in [0.15, 0.2) is 6.07 Å². The van der Waals surface area contributed by atoms with E-state index in [1.807, 2.05) is 6.07 Å². The normalized spacial score (nSPS) is 21.0. The second-order valence-corrected chi connectivity index (χ2v) is 9.35. The van der Waals surface area contributed by atoms with E-state index < -0.39 is 0 Å². The van der Waals surface area contributed by atoms with Crippen LogP contribution in [0.5, 0.6) is 0 Å². The lowest BCUT2D eigenvalue weighted by Gasteiger charge is -2.37. The molecule has 144 valence electrons. The fraction of sp³-hybridized carbons (Fsp3) is 0.700. The number of amides is 2. The highest BCUT2D eigenvalue weighted by Crippen LogP contribution is 2.33. The van der Waals surface area contributed by atoms with Crippen LogP contribution in [0.4, 0.5) is 0 Å². The molecule has 5 nitrogen and oxygen atoms in total. The van der Waals surface area contributed by atoms with Crippen molar-refractivity contribution in [3.8, 4) is 0 Å². The minimum Gasteiger partial charge on any atom is -0.344 e. The second-order valence-electron chi connectivity index (χ2n) is 8.22. The van der Waals surface area contributed by atoms with Crippen molar-refractivity contribution in [1.82, 2.24) is 14.7 Å². The monoisotopic (exact) mass is 377 g/mol. The van der Waals surface area contributed by atoms with Crippen LogP contribution in [0, 0.1) is 11.8 Å². The Balaban J connectivity index is 1.59. The van der Waals surface area contributed by atoms with Crippen molar-refractivity contribution in [2.24, 2.45) is 11.8 Å². The molecule has 1 aromatic heterocycles. The number of piperazine rings is 1. The number of aryl methyl sites for hydroxylation is 1. The SMILES string of the molecule is CC(C)CN1CCN(C(=O)[C@H]2CCc3sc(C(=O)N(C)C)cc3C2)CC1. The molecule has 1 aliphatic carbocycles. The lowest BCUT2D eigenvalue weighted by Crippen LogP contribution is -2.51. The number of fused-ring (bicyclic) bond motifs is 1. The summed E-state index contributed by atoms with van der Waals surface area (Å²) < 4.78 is 0. The van der Waals surface area contributed by atoms with Crippen molar-refractivity contribution in [1.29, 1.82) is 0 Å². The smallest absolute Gasteiger partial charge is 0.263 e. The molecule has 0 saturated carbocycles. The first-order valence-corrected chi connectivity index (χ1v) is 10.5. The summed E-state index contributed by atoms with van der Waals surface area (Å²) in [6.45, 7) is 9.28. The van der Waals surface area contributed by atoms with Crippen LogP contribution in [-0.4, -0.2) is 73.3 Å². The zero-order valence-electron chi connectivity index (χ0n) is 16.5. The van der Waals surface area contributed by atoms with E-state index in [1.54, 1.807) is 30.3 Å². The Labute approximate surface area is 161 Å². The Hall–Kier alpha value is -1.40. The molecule has 0 spiro atoms. The first-order valence-electron chi connectivity index (χ1n) is 9.69. The first-order chi connectivity index (χ1) is 12.3. The lowest BCUT2D eigenvalue weighted by atomic mass is 9.87. The number of nitrogens with zero attached hydrogens (tertiary/aromatic N) is 3. The van der Waals surface area contributed by atoms with Gasteiger partial charge in [0, 0.05) is 57.6 Å². The van der Waals surface area contributed by atoms with Gasteiger partial charge in [0.05, 0.1) is 4.88 Å². The molecule has 2 heterocycles. The van der Waals surface area contributed by atoms with Gasteiger partial charge in [-0.1, -0.05) is 13.8 Å². The Morgan fingerprint density at radius 3 is 2.54 bits per heavy atom. The molecule has 0 bridgehead atoms. The van der Waals surface area contributed by atoms with Crippen LogP contribution >= 0.6 is 11.3 Å². The average molecular weight is 378 g/mol. The van der Waals surface area contributed by atoms with Crippen molar-refractivity contribution in [2.75, 3.05) is 46.8 Å². The van der Waals surface area contributed by atoms with E-state index in [1.165, 1.54) is 10.4 Å². The number of carbonyl (C=O) groups is 2. The maximum Gasteiger partial charge on any atom is 0.263 e. The molecule has 6 heteroatoms. The standard InChI is InChI=1S/C20H31N3O2S/c1-14(2)13-22-7-9-23(10-8-22)19(24)15-5-6-17-16(11-15)12-18(26-17)20(25)21(3)4/h12,14-15H,5-11,13H2,1-4H3/t15-/m0/s1. The molecule has 1 aliphatic heterocycles. The van der Waals surface area contributed by atoms with Gasteiger partial charge in [-0.3, -0.25) is 14.5 Å². The molecule has 1 aromatic rings. The summed E-state index contributed by atoms with van der Waals surface area (Å²) in [5.41, 5.74) is 1.21. The van der Waals surface area contributed by atoms with E-state index in [0.29, 0.717) is 11.8 Å². The molecule has 2 amide bonds. The van der Waals surface area contributed by atoms with Crippen LogP contribution in [0.1, 0.15) is 40.4 Å². The molecule has 0 unspecified atom stereocenters. The molecular formula is C20H31N3O2S. The van der Waals surface area contributed by atoms with Gasteiger partial charge in [-0.2, -0.15) is 0 Å². The fourth-order valence-corrected chi connectivity index (χ4v) is 5.22. The molecule has 1 fully saturated rings. The summed E-state index contributed by atoms with van der Waals surface area (Å²) in [7, 11) is 3.57. The van der Waals surface area contributed by atoms with Gasteiger partial charge in [0.25, 0.3) is 5.91 Å². The van der Waals surface area contributed by atoms with Crippen LogP contribution in [0.3, 0.4) is 0 Å². The maximum absolute atomic E-state index is 13.0. The van der Waals surface area contributed by atoms with Crippen LogP contribution in [-0.2, 0) is 17.6 Å². The highest BCUT2D eigenvalue weighted by Gasteiger charge is 2.32. The number of rotatable bonds is 4.